The maximum Gasteiger partial charge on any atom is 0.331 e. The maximum atomic E-state index is 12.3. The van der Waals surface area contributed by atoms with Crippen molar-refractivity contribution in [1.82, 2.24) is 0 Å². The van der Waals surface area contributed by atoms with Crippen molar-refractivity contribution in [3.05, 3.63) is 53.6 Å². The summed E-state index contributed by atoms with van der Waals surface area (Å²) in [6.45, 7) is 1.94. The zero-order valence-electron chi connectivity index (χ0n) is 13.1. The molecule has 2 aromatic rings. The number of amides is 1. The summed E-state index contributed by atoms with van der Waals surface area (Å²) in [5, 5.41) is 11.6. The Balaban J connectivity index is 1.75. The Morgan fingerprint density at radius 3 is 2.96 bits per heavy atom. The molecule has 1 aliphatic heterocycles. The predicted molar refractivity (Wildman–Crippen MR) is 88.8 cm³/mol. The van der Waals surface area contributed by atoms with Crippen LogP contribution in [0.1, 0.15) is 11.1 Å². The smallest absolute Gasteiger partial charge is 0.331 e. The van der Waals surface area contributed by atoms with Crippen LogP contribution in [-0.4, -0.2) is 25.0 Å². The minimum Gasteiger partial charge on any atom is -0.423 e. The molecule has 6 nitrogen and oxygen atoms in total. The highest BCUT2D eigenvalue weighted by molar-refractivity contribution is 5.96. The number of nitrogens with zero attached hydrogens (tertiary/aromatic N) is 2. The van der Waals surface area contributed by atoms with Gasteiger partial charge in [-0.25, -0.2) is 4.79 Å². The number of nitrogens with one attached hydrogen (secondary N) is 1. The largest absolute Gasteiger partial charge is 0.423 e. The highest BCUT2D eigenvalue weighted by Crippen LogP contribution is 2.32. The summed E-state index contributed by atoms with van der Waals surface area (Å²) in [7, 11) is 0. The summed E-state index contributed by atoms with van der Waals surface area (Å²) in [6.07, 6.45) is 0. The van der Waals surface area contributed by atoms with Gasteiger partial charge in [-0.1, -0.05) is 12.1 Å². The molecule has 24 heavy (non-hydrogen) atoms. The topological polar surface area (TPSA) is 82.4 Å². The number of carbonyl (C=O) groups excluding carboxylic acids is 2. The molecule has 0 atom stereocenters. The molecular weight excluding hydrogens is 306 g/mol. The number of nitriles is 1. The van der Waals surface area contributed by atoms with Gasteiger partial charge in [0.05, 0.1) is 23.9 Å². The third-order valence-corrected chi connectivity index (χ3v) is 3.61. The Morgan fingerprint density at radius 2 is 2.17 bits per heavy atom. The van der Waals surface area contributed by atoms with Crippen LogP contribution in [0.15, 0.2) is 42.5 Å². The lowest BCUT2D eigenvalue weighted by atomic mass is 10.1. The number of aryl methyl sites for hydroxylation is 1. The fourth-order valence-electron chi connectivity index (χ4n) is 2.54. The minimum atomic E-state index is -0.396. The van der Waals surface area contributed by atoms with E-state index in [0.29, 0.717) is 22.7 Å². The van der Waals surface area contributed by atoms with Gasteiger partial charge in [0.15, 0.2) is 5.75 Å². The molecule has 1 aliphatic rings. The van der Waals surface area contributed by atoms with E-state index in [0.717, 1.165) is 5.56 Å². The number of fused-ring (bicyclic) bond motifs is 1. The molecule has 120 valence electrons. The molecule has 1 amide bonds. The summed E-state index contributed by atoms with van der Waals surface area (Å²) in [4.78, 5) is 25.7. The Morgan fingerprint density at radius 1 is 1.33 bits per heavy atom. The number of esters is 1. The van der Waals surface area contributed by atoms with Crippen molar-refractivity contribution in [2.75, 3.05) is 23.3 Å². The first kappa shape index (κ1) is 15.6. The van der Waals surface area contributed by atoms with Crippen molar-refractivity contribution in [2.24, 2.45) is 0 Å². The molecular formula is C18H15N3O3. The number of benzene rings is 2. The predicted octanol–water partition coefficient (Wildman–Crippen LogP) is 2.23. The standard InChI is InChI=1S/C18H15N3O3/c1-12-5-6-15-16(7-12)24-18(23)11-21(15)10-17(22)20-14-4-2-3-13(8-14)9-19/h2-8H,10-11H2,1H3,(H,20,22). The molecule has 0 bridgehead atoms. The fraction of sp³-hybridized carbons (Fsp3) is 0.167. The maximum absolute atomic E-state index is 12.3. The number of carbonyl (C=O) groups is 2. The van der Waals surface area contributed by atoms with Crippen LogP contribution in [0.4, 0.5) is 11.4 Å². The Hall–Kier alpha value is -3.33. The summed E-state index contributed by atoms with van der Waals surface area (Å²) >= 11 is 0. The third-order valence-electron chi connectivity index (χ3n) is 3.61. The second-order valence-electron chi connectivity index (χ2n) is 5.54. The second kappa shape index (κ2) is 6.42. The van der Waals surface area contributed by atoms with Crippen molar-refractivity contribution < 1.29 is 14.3 Å². The SMILES string of the molecule is Cc1ccc2c(c1)OC(=O)CN2CC(=O)Nc1cccc(C#N)c1. The van der Waals surface area contributed by atoms with Gasteiger partial charge < -0.3 is 15.0 Å². The van der Waals surface area contributed by atoms with Crippen LogP contribution in [0.3, 0.4) is 0 Å². The first-order valence-electron chi connectivity index (χ1n) is 7.41. The monoisotopic (exact) mass is 321 g/mol. The van der Waals surface area contributed by atoms with Crippen molar-refractivity contribution in [3.8, 4) is 11.8 Å². The average Bonchev–Trinajstić information content (AvgIpc) is 2.54. The molecule has 2 aromatic carbocycles. The highest BCUT2D eigenvalue weighted by Gasteiger charge is 2.25. The Bertz CT molecular complexity index is 855. The molecule has 0 aliphatic carbocycles. The second-order valence-corrected chi connectivity index (χ2v) is 5.54. The van der Waals surface area contributed by atoms with E-state index in [-0.39, 0.29) is 19.0 Å². The van der Waals surface area contributed by atoms with Gasteiger partial charge in [-0.05, 0) is 42.8 Å². The van der Waals surface area contributed by atoms with Gasteiger partial charge in [0, 0.05) is 5.69 Å². The molecule has 6 heteroatoms. The Kier molecular flexibility index (Phi) is 4.17. The zero-order valence-corrected chi connectivity index (χ0v) is 13.1. The lowest BCUT2D eigenvalue weighted by molar-refractivity contribution is -0.133. The van der Waals surface area contributed by atoms with E-state index in [1.807, 2.05) is 25.1 Å². The van der Waals surface area contributed by atoms with Gasteiger partial charge in [0.1, 0.15) is 6.54 Å². The van der Waals surface area contributed by atoms with E-state index >= 15 is 0 Å². The molecule has 0 saturated carbocycles. The van der Waals surface area contributed by atoms with Crippen LogP contribution in [0, 0.1) is 18.3 Å². The van der Waals surface area contributed by atoms with Crippen LogP contribution >= 0.6 is 0 Å². The first-order valence-corrected chi connectivity index (χ1v) is 7.41. The van der Waals surface area contributed by atoms with Crippen molar-refractivity contribution in [2.45, 2.75) is 6.92 Å². The molecule has 0 spiro atoms. The van der Waals surface area contributed by atoms with Crippen molar-refractivity contribution >= 4 is 23.3 Å². The molecule has 0 radical (unpaired) electrons. The van der Waals surface area contributed by atoms with Crippen LogP contribution < -0.4 is 15.0 Å². The molecule has 3 rings (SSSR count). The number of hydrogen-bond acceptors (Lipinski definition) is 5. The van der Waals surface area contributed by atoms with E-state index in [4.69, 9.17) is 10.00 Å². The van der Waals surface area contributed by atoms with Crippen LogP contribution in [-0.2, 0) is 9.59 Å². The molecule has 1 heterocycles. The number of ether oxygens (including phenoxy) is 1. The first-order chi connectivity index (χ1) is 11.5. The van der Waals surface area contributed by atoms with Gasteiger partial charge in [-0.2, -0.15) is 5.26 Å². The average molecular weight is 321 g/mol. The van der Waals surface area contributed by atoms with Gasteiger partial charge in [-0.3, -0.25) is 4.79 Å². The quantitative estimate of drug-likeness (QED) is 0.692. The number of rotatable bonds is 3. The third kappa shape index (κ3) is 3.36. The van der Waals surface area contributed by atoms with Gasteiger partial charge in [-0.15, -0.1) is 0 Å². The summed E-state index contributed by atoms with van der Waals surface area (Å²) < 4.78 is 5.22. The molecule has 1 N–H and O–H groups in total. The number of hydrogen-bond donors (Lipinski definition) is 1. The fourth-order valence-corrected chi connectivity index (χ4v) is 2.54. The summed E-state index contributed by atoms with van der Waals surface area (Å²) in [5.74, 6) is -0.204. The molecule has 0 aromatic heterocycles. The van der Waals surface area contributed by atoms with Gasteiger partial charge >= 0.3 is 5.97 Å². The van der Waals surface area contributed by atoms with E-state index in [1.165, 1.54) is 0 Å². The normalized spacial score (nSPS) is 12.8. The van der Waals surface area contributed by atoms with E-state index in [9.17, 15) is 9.59 Å². The Labute approximate surface area is 139 Å². The molecule has 0 saturated heterocycles. The molecule has 0 fully saturated rings. The van der Waals surface area contributed by atoms with Crippen molar-refractivity contribution in [1.29, 1.82) is 5.26 Å². The number of anilines is 2. The van der Waals surface area contributed by atoms with Crippen LogP contribution in [0.2, 0.25) is 0 Å². The zero-order chi connectivity index (χ0) is 17.1. The lowest BCUT2D eigenvalue weighted by Gasteiger charge is -2.29. The van der Waals surface area contributed by atoms with Crippen LogP contribution in [0.5, 0.6) is 5.75 Å². The van der Waals surface area contributed by atoms with E-state index in [2.05, 4.69) is 5.32 Å². The van der Waals surface area contributed by atoms with Gasteiger partial charge in [0.25, 0.3) is 0 Å². The van der Waals surface area contributed by atoms with Crippen LogP contribution in [0.25, 0.3) is 0 Å². The van der Waals surface area contributed by atoms with E-state index < -0.39 is 5.97 Å². The van der Waals surface area contributed by atoms with Crippen molar-refractivity contribution in [3.63, 3.8) is 0 Å². The van der Waals surface area contributed by atoms with E-state index in [1.54, 1.807) is 35.2 Å². The highest BCUT2D eigenvalue weighted by atomic mass is 16.5. The summed E-state index contributed by atoms with van der Waals surface area (Å²) in [6, 6.07) is 14.2. The summed E-state index contributed by atoms with van der Waals surface area (Å²) in [5.41, 5.74) is 2.69. The molecule has 0 unspecified atom stereocenters. The van der Waals surface area contributed by atoms with Gasteiger partial charge in [0.2, 0.25) is 5.91 Å². The minimum absolute atomic E-state index is 0.0156. The lowest BCUT2D eigenvalue weighted by Crippen LogP contribution is -2.41.